The molecule has 6 rings (SSSR count). The van der Waals surface area contributed by atoms with E-state index in [9.17, 15) is 9.59 Å². The number of amides is 2. The molecule has 0 radical (unpaired) electrons. The molecule has 3 fully saturated rings. The molecule has 32 heavy (non-hydrogen) atoms. The van der Waals surface area contributed by atoms with Gasteiger partial charge in [0.25, 0.3) is 5.91 Å². The number of carbonyl (C=O) groups is 2. The van der Waals surface area contributed by atoms with Gasteiger partial charge in [-0.15, -0.1) is 0 Å². The van der Waals surface area contributed by atoms with Gasteiger partial charge in [0.15, 0.2) is 6.61 Å². The molecule has 0 unspecified atom stereocenters. The average Bonchev–Trinajstić information content (AvgIpc) is 3.13. The second-order valence-corrected chi connectivity index (χ2v) is 9.61. The lowest BCUT2D eigenvalue weighted by Gasteiger charge is -2.69. The Hall–Kier alpha value is -2.99. The monoisotopic (exact) mass is 451 g/mol. The van der Waals surface area contributed by atoms with Crippen molar-refractivity contribution in [3.05, 3.63) is 64.8 Å². The lowest BCUT2D eigenvalue weighted by Crippen LogP contribution is -2.78. The highest BCUT2D eigenvalue weighted by Crippen LogP contribution is 2.67. The molecular weight excluding hydrogens is 426 g/mol. The van der Waals surface area contributed by atoms with Crippen LogP contribution in [0.4, 0.5) is 0 Å². The summed E-state index contributed by atoms with van der Waals surface area (Å²) < 4.78 is 5.57. The Morgan fingerprint density at radius 3 is 2.72 bits per heavy atom. The number of nitrogens with one attached hydrogen (secondary N) is 3. The third-order valence-electron chi connectivity index (χ3n) is 6.77. The molecule has 7 heteroatoms. The SMILES string of the molecule is Cc1cc(OCC(=O)NC23CC(C(=O)NCCc4c[nH]c5ccccc45)(C2)C3)ccc1Cl. The summed E-state index contributed by atoms with van der Waals surface area (Å²) in [6.07, 6.45) is 4.89. The van der Waals surface area contributed by atoms with Crippen LogP contribution in [0.15, 0.2) is 48.7 Å². The number of H-pyrrole nitrogens is 1. The van der Waals surface area contributed by atoms with Crippen molar-refractivity contribution < 1.29 is 14.3 Å². The van der Waals surface area contributed by atoms with E-state index >= 15 is 0 Å². The van der Waals surface area contributed by atoms with Crippen molar-refractivity contribution >= 4 is 34.3 Å². The quantitative estimate of drug-likeness (QED) is 0.485. The fourth-order valence-corrected chi connectivity index (χ4v) is 5.30. The Labute approximate surface area is 191 Å². The van der Waals surface area contributed by atoms with E-state index in [0.717, 1.165) is 17.5 Å². The molecule has 3 aliphatic rings. The molecule has 166 valence electrons. The minimum absolute atomic E-state index is 0.0490. The Balaban J connectivity index is 1.05. The van der Waals surface area contributed by atoms with Crippen molar-refractivity contribution in [1.29, 1.82) is 0 Å². The number of aryl methyl sites for hydroxylation is 1. The maximum Gasteiger partial charge on any atom is 0.258 e. The highest BCUT2D eigenvalue weighted by molar-refractivity contribution is 6.31. The fourth-order valence-electron chi connectivity index (χ4n) is 5.19. The van der Waals surface area contributed by atoms with Crippen molar-refractivity contribution in [2.24, 2.45) is 5.41 Å². The zero-order valence-corrected chi connectivity index (χ0v) is 18.7. The number of hydrogen-bond acceptors (Lipinski definition) is 3. The topological polar surface area (TPSA) is 83.2 Å². The molecule has 0 atom stereocenters. The van der Waals surface area contributed by atoms with Crippen LogP contribution in [-0.2, 0) is 16.0 Å². The summed E-state index contributed by atoms with van der Waals surface area (Å²) in [6.45, 7) is 2.45. The number of fused-ring (bicyclic) bond motifs is 1. The van der Waals surface area contributed by atoms with E-state index in [4.69, 9.17) is 16.3 Å². The zero-order valence-electron chi connectivity index (χ0n) is 18.0. The van der Waals surface area contributed by atoms with Crippen LogP contribution >= 0.6 is 11.6 Å². The van der Waals surface area contributed by atoms with E-state index in [2.05, 4.69) is 27.8 Å². The van der Waals surface area contributed by atoms with Gasteiger partial charge in [0.1, 0.15) is 5.75 Å². The minimum atomic E-state index is -0.318. The van der Waals surface area contributed by atoms with Gasteiger partial charge in [0, 0.05) is 34.2 Å². The third kappa shape index (κ3) is 3.73. The Morgan fingerprint density at radius 2 is 1.94 bits per heavy atom. The summed E-state index contributed by atoms with van der Waals surface area (Å²) in [7, 11) is 0. The smallest absolute Gasteiger partial charge is 0.258 e. The van der Waals surface area contributed by atoms with Gasteiger partial charge in [-0.2, -0.15) is 0 Å². The first-order valence-corrected chi connectivity index (χ1v) is 11.3. The van der Waals surface area contributed by atoms with Crippen LogP contribution in [0.5, 0.6) is 5.75 Å². The molecule has 1 heterocycles. The van der Waals surface area contributed by atoms with Crippen molar-refractivity contribution in [2.45, 2.75) is 38.1 Å². The molecule has 2 aromatic carbocycles. The summed E-state index contributed by atoms with van der Waals surface area (Å²) in [5.41, 5.74) is 2.66. The Bertz CT molecular complexity index is 1180. The first-order valence-electron chi connectivity index (χ1n) is 10.9. The lowest BCUT2D eigenvalue weighted by molar-refractivity contribution is -0.183. The number of aromatic nitrogens is 1. The van der Waals surface area contributed by atoms with Crippen LogP contribution in [0.1, 0.15) is 30.4 Å². The number of ether oxygens (including phenoxy) is 1. The second-order valence-electron chi connectivity index (χ2n) is 9.20. The Morgan fingerprint density at radius 1 is 1.16 bits per heavy atom. The average molecular weight is 452 g/mol. The first-order chi connectivity index (χ1) is 15.4. The normalized spacial score (nSPS) is 23.2. The summed E-state index contributed by atoms with van der Waals surface area (Å²) in [5.74, 6) is 0.553. The van der Waals surface area contributed by atoms with E-state index < -0.39 is 0 Å². The molecule has 0 aliphatic heterocycles. The van der Waals surface area contributed by atoms with Gasteiger partial charge >= 0.3 is 0 Å². The van der Waals surface area contributed by atoms with E-state index in [0.29, 0.717) is 36.6 Å². The molecular formula is C25H26ClN3O3. The van der Waals surface area contributed by atoms with E-state index in [1.165, 1.54) is 10.9 Å². The van der Waals surface area contributed by atoms with Crippen molar-refractivity contribution in [2.75, 3.05) is 13.2 Å². The van der Waals surface area contributed by atoms with Gasteiger partial charge in [-0.05, 0) is 68.0 Å². The standard InChI is InChI=1S/C25H26ClN3O3/c1-16-10-18(6-7-20(16)26)32-12-22(30)29-25-13-24(14-25,15-25)23(31)27-9-8-17-11-28-21-5-3-2-4-19(17)21/h2-7,10-11,28H,8-9,12-15H2,1H3,(H,27,31)(H,29,30). The van der Waals surface area contributed by atoms with Crippen molar-refractivity contribution in [1.82, 2.24) is 15.6 Å². The summed E-state index contributed by atoms with van der Waals surface area (Å²) in [4.78, 5) is 28.3. The first kappa shape index (κ1) is 20.9. The van der Waals surface area contributed by atoms with Crippen LogP contribution in [-0.4, -0.2) is 35.5 Å². The van der Waals surface area contributed by atoms with Crippen LogP contribution < -0.4 is 15.4 Å². The van der Waals surface area contributed by atoms with Gasteiger partial charge < -0.3 is 20.4 Å². The zero-order chi connectivity index (χ0) is 22.3. The van der Waals surface area contributed by atoms with Gasteiger partial charge in [0.05, 0.1) is 5.41 Å². The predicted octanol–water partition coefficient (Wildman–Crippen LogP) is 3.91. The van der Waals surface area contributed by atoms with E-state index in [1.807, 2.05) is 31.3 Å². The molecule has 3 saturated carbocycles. The molecule has 2 bridgehead atoms. The lowest BCUT2D eigenvalue weighted by atomic mass is 9.39. The number of carbonyl (C=O) groups excluding carboxylic acids is 2. The number of halogens is 1. The van der Waals surface area contributed by atoms with Crippen molar-refractivity contribution in [3.63, 3.8) is 0 Å². The summed E-state index contributed by atoms with van der Waals surface area (Å²) in [6, 6.07) is 13.5. The molecule has 3 N–H and O–H groups in total. The largest absolute Gasteiger partial charge is 0.484 e. The maximum atomic E-state index is 12.7. The summed E-state index contributed by atoms with van der Waals surface area (Å²) in [5, 5.41) is 8.02. The maximum absolute atomic E-state index is 12.7. The van der Waals surface area contributed by atoms with Gasteiger partial charge in [-0.3, -0.25) is 9.59 Å². The third-order valence-corrected chi connectivity index (χ3v) is 7.19. The van der Waals surface area contributed by atoms with Crippen LogP contribution in [0, 0.1) is 12.3 Å². The van der Waals surface area contributed by atoms with Gasteiger partial charge in [-0.25, -0.2) is 0 Å². The highest BCUT2D eigenvalue weighted by atomic mass is 35.5. The molecule has 3 aliphatic carbocycles. The molecule has 0 spiro atoms. The fraction of sp³-hybridized carbons (Fsp3) is 0.360. The van der Waals surface area contributed by atoms with Gasteiger partial charge in [0.2, 0.25) is 5.91 Å². The van der Waals surface area contributed by atoms with Crippen LogP contribution in [0.2, 0.25) is 5.02 Å². The summed E-state index contributed by atoms with van der Waals surface area (Å²) >= 11 is 6.01. The highest BCUT2D eigenvalue weighted by Gasteiger charge is 2.72. The Kier molecular flexibility index (Phi) is 5.13. The van der Waals surface area contributed by atoms with Crippen LogP contribution in [0.25, 0.3) is 10.9 Å². The molecule has 2 amide bonds. The second kappa shape index (κ2) is 7.85. The predicted molar refractivity (Wildman–Crippen MR) is 124 cm³/mol. The van der Waals surface area contributed by atoms with Crippen molar-refractivity contribution in [3.8, 4) is 5.75 Å². The number of hydrogen-bond donors (Lipinski definition) is 3. The molecule has 3 aromatic rings. The molecule has 0 saturated heterocycles. The van der Waals surface area contributed by atoms with E-state index in [1.54, 1.807) is 12.1 Å². The number of aromatic amines is 1. The molecule has 6 nitrogen and oxygen atoms in total. The van der Waals surface area contributed by atoms with Crippen LogP contribution in [0.3, 0.4) is 0 Å². The van der Waals surface area contributed by atoms with E-state index in [-0.39, 0.29) is 29.4 Å². The number of benzene rings is 2. The number of rotatable bonds is 8. The van der Waals surface area contributed by atoms with Gasteiger partial charge in [-0.1, -0.05) is 29.8 Å². The number of para-hydroxylation sites is 1. The minimum Gasteiger partial charge on any atom is -0.484 e. The molecule has 1 aromatic heterocycles.